The topological polar surface area (TPSA) is 43.3 Å². The number of hydrogen-bond acceptors (Lipinski definition) is 5. The first-order valence-corrected chi connectivity index (χ1v) is 8.27. The maximum Gasteiger partial charge on any atom is 0.142 e. The average Bonchev–Trinajstić information content (AvgIpc) is 2.54. The van der Waals surface area contributed by atoms with Crippen LogP contribution in [0, 0.1) is 13.8 Å². The number of allylic oxidation sites excluding steroid dienone is 1. The first-order chi connectivity index (χ1) is 11.5. The second kappa shape index (κ2) is 10.7. The summed E-state index contributed by atoms with van der Waals surface area (Å²) >= 11 is 0. The van der Waals surface area contributed by atoms with E-state index in [2.05, 4.69) is 17.0 Å². The van der Waals surface area contributed by atoms with Crippen molar-refractivity contribution in [1.82, 2.24) is 4.90 Å². The molecule has 0 bridgehead atoms. The van der Waals surface area contributed by atoms with Gasteiger partial charge in [-0.15, -0.1) is 0 Å². The molecule has 0 saturated carbocycles. The van der Waals surface area contributed by atoms with Crippen LogP contribution in [0.25, 0.3) is 0 Å². The van der Waals surface area contributed by atoms with Gasteiger partial charge >= 0.3 is 0 Å². The maximum absolute atomic E-state index is 5.99. The number of benzene rings is 1. The summed E-state index contributed by atoms with van der Waals surface area (Å²) in [5, 5.41) is 4.02. The number of oxime groups is 1. The third kappa shape index (κ3) is 6.62. The molecule has 5 heteroatoms. The predicted molar refractivity (Wildman–Crippen MR) is 99.1 cm³/mol. The maximum atomic E-state index is 5.99. The van der Waals surface area contributed by atoms with Gasteiger partial charge in [-0.3, -0.25) is 4.90 Å². The Bertz CT molecular complexity index is 545. The highest BCUT2D eigenvalue weighted by atomic mass is 16.6. The quantitative estimate of drug-likeness (QED) is 0.281. The summed E-state index contributed by atoms with van der Waals surface area (Å²) in [6, 6.07) is 4.02. The molecule has 0 saturated heterocycles. The lowest BCUT2D eigenvalue weighted by atomic mass is 10.1. The first kappa shape index (κ1) is 20.0. The normalized spacial score (nSPS) is 12.0. The number of rotatable bonds is 10. The summed E-state index contributed by atoms with van der Waals surface area (Å²) in [5.74, 6) is 1.77. The fourth-order valence-electron chi connectivity index (χ4n) is 2.33. The van der Waals surface area contributed by atoms with Crippen molar-refractivity contribution >= 4 is 5.71 Å². The van der Waals surface area contributed by atoms with Crippen LogP contribution in [-0.4, -0.2) is 44.7 Å². The molecule has 1 rings (SSSR count). The molecule has 0 aromatic heterocycles. The van der Waals surface area contributed by atoms with Crippen LogP contribution in [-0.2, 0) is 4.84 Å². The van der Waals surface area contributed by atoms with Crippen molar-refractivity contribution in [2.75, 3.05) is 34.0 Å². The molecule has 0 radical (unpaired) electrons. The molecule has 0 heterocycles. The molecule has 0 aliphatic carbocycles. The van der Waals surface area contributed by atoms with Gasteiger partial charge in [0.05, 0.1) is 5.71 Å². The zero-order valence-electron chi connectivity index (χ0n) is 15.8. The Hall–Kier alpha value is -2.01. The highest BCUT2D eigenvalue weighted by molar-refractivity contribution is 5.85. The standard InChI is InChI=1S/C19H30N2O3/c1-7-9-10-23-18-11-15(3)19(16(4)12-18)24-14-21(5)13-17(8-2)20-22-6/h7,9,11-12H,8,10,13-14H2,1-6H3/b9-7+,20-17?. The lowest BCUT2D eigenvalue weighted by Crippen LogP contribution is -2.29. The lowest BCUT2D eigenvalue weighted by molar-refractivity contribution is 0.163. The van der Waals surface area contributed by atoms with Crippen molar-refractivity contribution in [3.63, 3.8) is 0 Å². The van der Waals surface area contributed by atoms with Crippen LogP contribution in [0.2, 0.25) is 0 Å². The minimum Gasteiger partial charge on any atom is -0.490 e. The molecule has 0 N–H and O–H groups in total. The monoisotopic (exact) mass is 334 g/mol. The summed E-state index contributed by atoms with van der Waals surface area (Å²) in [5.41, 5.74) is 3.13. The Balaban J connectivity index is 2.66. The molecule has 0 aliphatic heterocycles. The van der Waals surface area contributed by atoms with Gasteiger partial charge < -0.3 is 14.3 Å². The van der Waals surface area contributed by atoms with Gasteiger partial charge in [0.1, 0.15) is 31.9 Å². The summed E-state index contributed by atoms with van der Waals surface area (Å²) in [7, 11) is 3.57. The minimum absolute atomic E-state index is 0.489. The van der Waals surface area contributed by atoms with Crippen LogP contribution in [0.3, 0.4) is 0 Å². The number of aryl methyl sites for hydroxylation is 2. The van der Waals surface area contributed by atoms with Crippen molar-refractivity contribution in [2.45, 2.75) is 34.1 Å². The average molecular weight is 334 g/mol. The van der Waals surface area contributed by atoms with E-state index in [0.717, 1.165) is 34.8 Å². The second-order valence-corrected chi connectivity index (χ2v) is 5.75. The fraction of sp³-hybridized carbons (Fsp3) is 0.526. The SMILES string of the molecule is C/C=C/COc1cc(C)c(OCN(C)CC(CC)=NOC)c(C)c1. The lowest BCUT2D eigenvalue weighted by Gasteiger charge is -2.20. The molecular formula is C19H30N2O3. The van der Waals surface area contributed by atoms with Crippen molar-refractivity contribution in [2.24, 2.45) is 5.16 Å². The molecule has 0 aliphatic rings. The van der Waals surface area contributed by atoms with E-state index in [1.807, 2.05) is 52.1 Å². The third-order valence-corrected chi connectivity index (χ3v) is 3.53. The van der Waals surface area contributed by atoms with E-state index >= 15 is 0 Å². The molecule has 24 heavy (non-hydrogen) atoms. The summed E-state index contributed by atoms with van der Waals surface area (Å²) in [6.45, 7) is 9.90. The van der Waals surface area contributed by atoms with Gasteiger partial charge in [0, 0.05) is 6.54 Å². The van der Waals surface area contributed by atoms with Crippen LogP contribution >= 0.6 is 0 Å². The van der Waals surface area contributed by atoms with Gasteiger partial charge in [0.15, 0.2) is 0 Å². The molecular weight excluding hydrogens is 304 g/mol. The molecule has 5 nitrogen and oxygen atoms in total. The summed E-state index contributed by atoms with van der Waals surface area (Å²) in [6.07, 6.45) is 4.82. The number of nitrogens with zero attached hydrogens (tertiary/aromatic N) is 2. The van der Waals surface area contributed by atoms with Crippen LogP contribution in [0.15, 0.2) is 29.4 Å². The number of ether oxygens (including phenoxy) is 2. The summed E-state index contributed by atoms with van der Waals surface area (Å²) < 4.78 is 11.7. The molecule has 134 valence electrons. The smallest absolute Gasteiger partial charge is 0.142 e. The van der Waals surface area contributed by atoms with Crippen molar-refractivity contribution in [1.29, 1.82) is 0 Å². The Morgan fingerprint density at radius 1 is 1.21 bits per heavy atom. The largest absolute Gasteiger partial charge is 0.490 e. The van der Waals surface area contributed by atoms with Gasteiger partial charge in [-0.25, -0.2) is 0 Å². The van der Waals surface area contributed by atoms with Crippen molar-refractivity contribution < 1.29 is 14.3 Å². The van der Waals surface area contributed by atoms with Crippen LogP contribution in [0.1, 0.15) is 31.4 Å². The Kier molecular flexibility index (Phi) is 8.94. The molecule has 0 unspecified atom stereocenters. The molecule has 0 spiro atoms. The van der Waals surface area contributed by atoms with Gasteiger partial charge in [0.25, 0.3) is 0 Å². The third-order valence-electron chi connectivity index (χ3n) is 3.53. The van der Waals surface area contributed by atoms with Gasteiger partial charge in [-0.05, 0) is 57.5 Å². The molecule has 0 atom stereocenters. The first-order valence-electron chi connectivity index (χ1n) is 8.27. The van der Waals surface area contributed by atoms with E-state index in [4.69, 9.17) is 14.3 Å². The van der Waals surface area contributed by atoms with Gasteiger partial charge in [0.2, 0.25) is 0 Å². The van der Waals surface area contributed by atoms with Gasteiger partial charge in [-0.1, -0.05) is 24.2 Å². The zero-order valence-corrected chi connectivity index (χ0v) is 15.8. The molecule has 0 fully saturated rings. The highest BCUT2D eigenvalue weighted by Crippen LogP contribution is 2.28. The molecule has 1 aromatic carbocycles. The Morgan fingerprint density at radius 2 is 1.88 bits per heavy atom. The minimum atomic E-state index is 0.489. The molecule has 0 amide bonds. The van der Waals surface area contributed by atoms with E-state index in [-0.39, 0.29) is 0 Å². The van der Waals surface area contributed by atoms with Crippen LogP contribution < -0.4 is 9.47 Å². The Labute approximate surface area is 145 Å². The molecule has 1 aromatic rings. The summed E-state index contributed by atoms with van der Waals surface area (Å²) in [4.78, 5) is 6.92. The number of hydrogen-bond donors (Lipinski definition) is 0. The van der Waals surface area contributed by atoms with E-state index < -0.39 is 0 Å². The van der Waals surface area contributed by atoms with E-state index in [9.17, 15) is 0 Å². The Morgan fingerprint density at radius 3 is 2.42 bits per heavy atom. The second-order valence-electron chi connectivity index (χ2n) is 5.75. The van der Waals surface area contributed by atoms with Gasteiger partial charge in [-0.2, -0.15) is 0 Å². The predicted octanol–water partition coefficient (Wildman–Crippen LogP) is 3.94. The fourth-order valence-corrected chi connectivity index (χ4v) is 2.33. The highest BCUT2D eigenvalue weighted by Gasteiger charge is 2.10. The van der Waals surface area contributed by atoms with Crippen LogP contribution in [0.5, 0.6) is 11.5 Å². The van der Waals surface area contributed by atoms with Crippen molar-refractivity contribution in [3.05, 3.63) is 35.4 Å². The van der Waals surface area contributed by atoms with Crippen molar-refractivity contribution in [3.8, 4) is 11.5 Å². The van der Waals surface area contributed by atoms with E-state index in [1.165, 1.54) is 0 Å². The van der Waals surface area contributed by atoms with E-state index in [1.54, 1.807) is 7.11 Å². The zero-order chi connectivity index (χ0) is 17.9. The van der Waals surface area contributed by atoms with Crippen LogP contribution in [0.4, 0.5) is 0 Å². The van der Waals surface area contributed by atoms with E-state index in [0.29, 0.717) is 19.9 Å².